The average molecular weight is 640 g/mol. The van der Waals surface area contributed by atoms with Gasteiger partial charge in [0.25, 0.3) is 0 Å². The van der Waals surface area contributed by atoms with Crippen LogP contribution in [0.5, 0.6) is 0 Å². The highest BCUT2D eigenvalue weighted by Gasteiger charge is 2.36. The van der Waals surface area contributed by atoms with Crippen molar-refractivity contribution >= 4 is 23.7 Å². The van der Waals surface area contributed by atoms with Crippen LogP contribution in [0, 0.1) is 6.92 Å². The zero-order valence-corrected chi connectivity index (χ0v) is 26.2. The van der Waals surface area contributed by atoms with Gasteiger partial charge in [0.15, 0.2) is 0 Å². The second-order valence-corrected chi connectivity index (χ2v) is 11.6. The minimum atomic E-state index is -0.775. The molecule has 2 saturated heterocycles. The van der Waals surface area contributed by atoms with E-state index in [1.54, 1.807) is 11.8 Å². The second-order valence-electron chi connectivity index (χ2n) is 11.6. The molecule has 2 unspecified atom stereocenters. The van der Waals surface area contributed by atoms with Crippen LogP contribution in [0.15, 0.2) is 89.5 Å². The van der Waals surface area contributed by atoms with Crippen molar-refractivity contribution < 1.29 is 33.1 Å². The van der Waals surface area contributed by atoms with Gasteiger partial charge >= 0.3 is 18.0 Å². The number of benzene rings is 3. The summed E-state index contributed by atoms with van der Waals surface area (Å²) in [4.78, 5) is 49.0. The average Bonchev–Trinajstić information content (AvgIpc) is 3.71. The summed E-state index contributed by atoms with van der Waals surface area (Å²) >= 11 is 0. The molecule has 2 aliphatic rings. The van der Waals surface area contributed by atoms with Gasteiger partial charge < -0.3 is 18.7 Å². The van der Waals surface area contributed by atoms with Gasteiger partial charge in [-0.3, -0.25) is 24.3 Å². The number of ether oxygens (including phenoxy) is 3. The number of aromatic nitrogens is 2. The van der Waals surface area contributed by atoms with Crippen molar-refractivity contribution in [2.45, 2.75) is 38.7 Å². The third-order valence-corrected chi connectivity index (χ3v) is 8.25. The molecule has 0 bridgehead atoms. The Kier molecular flexibility index (Phi) is 10.2. The molecule has 0 radical (unpaired) electrons. The lowest BCUT2D eigenvalue weighted by Gasteiger charge is -2.38. The van der Waals surface area contributed by atoms with Gasteiger partial charge in [0.2, 0.25) is 11.7 Å². The molecule has 4 aromatic rings. The molecule has 47 heavy (non-hydrogen) atoms. The lowest BCUT2D eigenvalue weighted by molar-refractivity contribution is -0.159. The van der Waals surface area contributed by atoms with E-state index in [1.165, 1.54) is 0 Å². The van der Waals surface area contributed by atoms with E-state index >= 15 is 0 Å². The number of piperazine rings is 1. The van der Waals surface area contributed by atoms with Crippen LogP contribution in [0.3, 0.4) is 0 Å². The van der Waals surface area contributed by atoms with E-state index in [1.807, 2.05) is 89.8 Å². The number of nitrogens with zero attached hydrogens (tertiary/aromatic N) is 5. The molecule has 0 spiro atoms. The first-order valence-corrected chi connectivity index (χ1v) is 15.7. The van der Waals surface area contributed by atoms with E-state index in [0.717, 1.165) is 22.4 Å². The van der Waals surface area contributed by atoms with Gasteiger partial charge in [0.1, 0.15) is 25.4 Å². The summed E-state index contributed by atoms with van der Waals surface area (Å²) in [6.45, 7) is 5.31. The van der Waals surface area contributed by atoms with Gasteiger partial charge in [-0.25, -0.2) is 4.79 Å². The minimum absolute atomic E-state index is 0.110. The van der Waals surface area contributed by atoms with Crippen molar-refractivity contribution in [2.75, 3.05) is 44.2 Å². The number of esters is 2. The Morgan fingerprint density at radius 1 is 0.872 bits per heavy atom. The molecule has 3 aromatic carbocycles. The van der Waals surface area contributed by atoms with E-state index in [9.17, 15) is 14.4 Å². The Bertz CT molecular complexity index is 1640. The molecular formula is C35H37N5O7. The smallest absolute Gasteiger partial charge is 0.414 e. The Balaban J connectivity index is 1.02. The molecule has 1 amide bonds. The minimum Gasteiger partial charge on any atom is -0.461 e. The molecule has 2 fully saturated rings. The van der Waals surface area contributed by atoms with Crippen molar-refractivity contribution in [3.8, 4) is 11.4 Å². The monoisotopic (exact) mass is 639 g/mol. The van der Waals surface area contributed by atoms with E-state index < -0.39 is 24.1 Å². The number of carbonyl (C=O) groups is 3. The molecule has 244 valence electrons. The van der Waals surface area contributed by atoms with E-state index in [0.29, 0.717) is 51.0 Å². The predicted octanol–water partition coefficient (Wildman–Crippen LogP) is 4.23. The highest BCUT2D eigenvalue weighted by molar-refractivity contribution is 5.90. The van der Waals surface area contributed by atoms with Gasteiger partial charge in [0, 0.05) is 50.9 Å². The molecule has 1 aromatic heterocycles. The van der Waals surface area contributed by atoms with Gasteiger partial charge in [-0.2, -0.15) is 4.98 Å². The molecule has 3 heterocycles. The summed E-state index contributed by atoms with van der Waals surface area (Å²) in [6.07, 6.45) is -0.818. The number of aryl methyl sites for hydroxylation is 1. The summed E-state index contributed by atoms with van der Waals surface area (Å²) in [5.74, 6) is 0.0534. The van der Waals surface area contributed by atoms with Gasteiger partial charge in [-0.15, -0.1) is 0 Å². The molecule has 0 saturated carbocycles. The molecular weight excluding hydrogens is 602 g/mol. The van der Waals surface area contributed by atoms with Gasteiger partial charge in [-0.05, 0) is 35.4 Å². The second kappa shape index (κ2) is 15.0. The van der Waals surface area contributed by atoms with Crippen molar-refractivity contribution in [2.24, 2.45) is 0 Å². The fourth-order valence-electron chi connectivity index (χ4n) is 5.72. The van der Waals surface area contributed by atoms with Gasteiger partial charge in [0.05, 0.1) is 13.0 Å². The van der Waals surface area contributed by atoms with Crippen LogP contribution in [0.25, 0.3) is 11.4 Å². The topological polar surface area (TPSA) is 128 Å². The van der Waals surface area contributed by atoms with Crippen LogP contribution in [0.2, 0.25) is 0 Å². The number of hydrogen-bond donors (Lipinski definition) is 0. The van der Waals surface area contributed by atoms with Crippen molar-refractivity contribution in [3.63, 3.8) is 0 Å². The largest absolute Gasteiger partial charge is 0.461 e. The Labute approximate surface area is 272 Å². The highest BCUT2D eigenvalue weighted by atomic mass is 16.6. The zero-order chi connectivity index (χ0) is 32.6. The molecule has 6 rings (SSSR count). The summed E-state index contributed by atoms with van der Waals surface area (Å²) < 4.78 is 21.9. The number of amides is 1. The van der Waals surface area contributed by atoms with E-state index in [2.05, 4.69) is 15.0 Å². The number of cyclic esters (lactones) is 1. The summed E-state index contributed by atoms with van der Waals surface area (Å²) in [7, 11) is 0. The Hall–Kier alpha value is -5.07. The van der Waals surface area contributed by atoms with Crippen LogP contribution in [-0.4, -0.2) is 89.4 Å². The maximum absolute atomic E-state index is 13.3. The number of rotatable bonds is 12. The third kappa shape index (κ3) is 8.40. The van der Waals surface area contributed by atoms with E-state index in [4.69, 9.17) is 18.7 Å². The lowest BCUT2D eigenvalue weighted by Crippen LogP contribution is -2.54. The van der Waals surface area contributed by atoms with Crippen LogP contribution in [0.4, 0.5) is 10.5 Å². The van der Waals surface area contributed by atoms with Crippen LogP contribution >= 0.6 is 0 Å². The molecule has 12 heteroatoms. The van der Waals surface area contributed by atoms with Gasteiger partial charge in [-0.1, -0.05) is 65.8 Å². The quantitative estimate of drug-likeness (QED) is 0.163. The standard InChI is InChI=1S/C35H37N5O7/c1-25-36-33(37-47-25)28-12-14-29(15-13-28)40-22-30(46-35(40)43)21-38-16-18-39(19-17-38)31(34(42)45-24-27-10-6-3-7-11-27)20-32(41)44-23-26-8-4-2-5-9-26/h2-15,30-31H,16-24H2,1H3. The van der Waals surface area contributed by atoms with Crippen LogP contribution < -0.4 is 4.90 Å². The molecule has 0 N–H and O–H groups in total. The number of hydrogen-bond acceptors (Lipinski definition) is 11. The first-order valence-electron chi connectivity index (χ1n) is 15.7. The number of carbonyl (C=O) groups excluding carboxylic acids is 3. The maximum Gasteiger partial charge on any atom is 0.414 e. The first kappa shape index (κ1) is 31.9. The number of anilines is 1. The first-order chi connectivity index (χ1) is 22.9. The highest BCUT2D eigenvalue weighted by Crippen LogP contribution is 2.26. The Morgan fingerprint density at radius 3 is 2.13 bits per heavy atom. The maximum atomic E-state index is 13.3. The van der Waals surface area contributed by atoms with Crippen LogP contribution in [0.1, 0.15) is 23.4 Å². The lowest BCUT2D eigenvalue weighted by atomic mass is 10.1. The Morgan fingerprint density at radius 2 is 1.51 bits per heavy atom. The summed E-state index contributed by atoms with van der Waals surface area (Å²) in [5, 5.41) is 3.94. The molecule has 2 aliphatic heterocycles. The third-order valence-electron chi connectivity index (χ3n) is 8.25. The molecule has 0 aliphatic carbocycles. The van der Waals surface area contributed by atoms with E-state index in [-0.39, 0.29) is 25.7 Å². The molecule has 2 atom stereocenters. The van der Waals surface area contributed by atoms with Crippen molar-refractivity contribution in [3.05, 3.63) is 102 Å². The summed E-state index contributed by atoms with van der Waals surface area (Å²) in [6, 6.07) is 25.5. The normalized spacial score (nSPS) is 17.7. The fourth-order valence-corrected chi connectivity index (χ4v) is 5.72. The fraction of sp³-hybridized carbons (Fsp3) is 0.343. The molecule has 12 nitrogen and oxygen atoms in total. The van der Waals surface area contributed by atoms with Crippen molar-refractivity contribution in [1.29, 1.82) is 0 Å². The summed E-state index contributed by atoms with van der Waals surface area (Å²) in [5.41, 5.74) is 3.26. The van der Waals surface area contributed by atoms with Crippen LogP contribution in [-0.2, 0) is 37.0 Å². The van der Waals surface area contributed by atoms with Crippen molar-refractivity contribution in [1.82, 2.24) is 19.9 Å². The predicted molar refractivity (Wildman–Crippen MR) is 171 cm³/mol. The SMILES string of the molecule is Cc1nc(-c2ccc(N3CC(CN4CCN(C(CC(=O)OCc5ccccc5)C(=O)OCc5ccccc5)CC4)OC3=O)cc2)no1. The zero-order valence-electron chi connectivity index (χ0n) is 26.2.